The second-order valence-corrected chi connectivity index (χ2v) is 5.38. The Morgan fingerprint density at radius 3 is 1.70 bits per heavy atom. The normalized spacial score (nSPS) is 10.0. The molecule has 20 heavy (non-hydrogen) atoms. The highest BCUT2D eigenvalue weighted by atomic mass is 14.0. The van der Waals surface area contributed by atoms with Crippen molar-refractivity contribution in [2.45, 2.75) is 27.7 Å². The van der Waals surface area contributed by atoms with Gasteiger partial charge in [0.1, 0.15) is 0 Å². The molecule has 0 nitrogen and oxygen atoms in total. The zero-order chi connectivity index (χ0) is 14.5. The Hall–Kier alpha value is -2.08. The maximum absolute atomic E-state index is 2.18. The molecule has 3 aromatic rings. The summed E-state index contributed by atoms with van der Waals surface area (Å²) in [5.74, 6) is 0. The summed E-state index contributed by atoms with van der Waals surface area (Å²) in [6, 6.07) is 21.3. The smallest absolute Gasteiger partial charge is 0.0152 e. The molecular formula is C20H22. The molecule has 0 aromatic heterocycles. The first-order valence-electron chi connectivity index (χ1n) is 7.06. The quantitative estimate of drug-likeness (QED) is 0.483. The Morgan fingerprint density at radius 1 is 0.550 bits per heavy atom. The molecule has 0 saturated heterocycles. The first-order valence-corrected chi connectivity index (χ1v) is 7.06. The zero-order valence-corrected chi connectivity index (χ0v) is 12.8. The Kier molecular flexibility index (Phi) is 4.57. The van der Waals surface area contributed by atoms with Crippen LogP contribution in [0.4, 0.5) is 0 Å². The first-order chi connectivity index (χ1) is 9.58. The number of aryl methyl sites for hydroxylation is 4. The Balaban J connectivity index is 0.000000160. The van der Waals surface area contributed by atoms with E-state index in [2.05, 4.69) is 88.4 Å². The van der Waals surface area contributed by atoms with Crippen LogP contribution in [0.25, 0.3) is 10.8 Å². The highest BCUT2D eigenvalue weighted by Gasteiger charge is 1.97. The monoisotopic (exact) mass is 262 g/mol. The van der Waals surface area contributed by atoms with Crippen LogP contribution in [0.3, 0.4) is 0 Å². The minimum atomic E-state index is 1.33. The second kappa shape index (κ2) is 6.38. The van der Waals surface area contributed by atoms with Gasteiger partial charge in [0.05, 0.1) is 0 Å². The molecule has 0 aliphatic rings. The summed E-state index contributed by atoms with van der Waals surface area (Å²) < 4.78 is 0. The molecule has 0 atom stereocenters. The minimum absolute atomic E-state index is 1.33. The van der Waals surface area contributed by atoms with E-state index in [1.54, 1.807) is 0 Å². The lowest BCUT2D eigenvalue weighted by atomic mass is 10.0. The van der Waals surface area contributed by atoms with Gasteiger partial charge in [0, 0.05) is 0 Å². The maximum atomic E-state index is 2.18. The van der Waals surface area contributed by atoms with E-state index in [1.165, 1.54) is 33.0 Å². The third-order valence-electron chi connectivity index (χ3n) is 3.69. The summed E-state index contributed by atoms with van der Waals surface area (Å²) in [4.78, 5) is 0. The van der Waals surface area contributed by atoms with Crippen molar-refractivity contribution in [3.63, 3.8) is 0 Å². The third kappa shape index (κ3) is 3.48. The van der Waals surface area contributed by atoms with Crippen molar-refractivity contribution in [1.82, 2.24) is 0 Å². The lowest BCUT2D eigenvalue weighted by molar-refractivity contribution is 1.38. The molecule has 3 rings (SSSR count). The summed E-state index contributed by atoms with van der Waals surface area (Å²) in [5.41, 5.74) is 5.42. The SMILES string of the molecule is Cc1ccc(C)cc1.Cc1ccc2ccccc2c1C. The van der Waals surface area contributed by atoms with Crippen molar-refractivity contribution in [3.05, 3.63) is 82.9 Å². The lowest BCUT2D eigenvalue weighted by Gasteiger charge is -2.04. The number of hydrogen-bond acceptors (Lipinski definition) is 0. The van der Waals surface area contributed by atoms with Gasteiger partial charge in [0.2, 0.25) is 0 Å². The van der Waals surface area contributed by atoms with Crippen LogP contribution in [0, 0.1) is 27.7 Å². The van der Waals surface area contributed by atoms with E-state index in [9.17, 15) is 0 Å². The van der Waals surface area contributed by atoms with E-state index < -0.39 is 0 Å². The summed E-state index contributed by atoms with van der Waals surface area (Å²) >= 11 is 0. The molecule has 0 heteroatoms. The molecule has 102 valence electrons. The van der Waals surface area contributed by atoms with Gasteiger partial charge >= 0.3 is 0 Å². The fourth-order valence-electron chi connectivity index (χ4n) is 2.17. The van der Waals surface area contributed by atoms with Crippen molar-refractivity contribution >= 4 is 10.8 Å². The van der Waals surface area contributed by atoms with E-state index in [0.717, 1.165) is 0 Å². The van der Waals surface area contributed by atoms with Crippen molar-refractivity contribution < 1.29 is 0 Å². The predicted octanol–water partition coefficient (Wildman–Crippen LogP) is 5.76. The first kappa shape index (κ1) is 14.3. The van der Waals surface area contributed by atoms with Crippen LogP contribution in [0.1, 0.15) is 22.3 Å². The highest BCUT2D eigenvalue weighted by Crippen LogP contribution is 2.20. The van der Waals surface area contributed by atoms with Crippen LogP contribution in [0.15, 0.2) is 60.7 Å². The highest BCUT2D eigenvalue weighted by molar-refractivity contribution is 5.86. The third-order valence-corrected chi connectivity index (χ3v) is 3.69. The van der Waals surface area contributed by atoms with E-state index in [-0.39, 0.29) is 0 Å². The van der Waals surface area contributed by atoms with Crippen LogP contribution in [0.5, 0.6) is 0 Å². The van der Waals surface area contributed by atoms with E-state index in [4.69, 9.17) is 0 Å². The molecule has 0 spiro atoms. The fourth-order valence-corrected chi connectivity index (χ4v) is 2.17. The van der Waals surface area contributed by atoms with Crippen molar-refractivity contribution in [1.29, 1.82) is 0 Å². The summed E-state index contributed by atoms with van der Waals surface area (Å²) in [6.07, 6.45) is 0. The Morgan fingerprint density at radius 2 is 1.10 bits per heavy atom. The summed E-state index contributed by atoms with van der Waals surface area (Å²) in [7, 11) is 0. The van der Waals surface area contributed by atoms with E-state index in [1.807, 2.05) is 0 Å². The molecular weight excluding hydrogens is 240 g/mol. The molecule has 0 bridgehead atoms. The van der Waals surface area contributed by atoms with Gasteiger partial charge in [-0.25, -0.2) is 0 Å². The number of hydrogen-bond donors (Lipinski definition) is 0. The van der Waals surface area contributed by atoms with Gasteiger partial charge in [0.15, 0.2) is 0 Å². The number of rotatable bonds is 0. The lowest BCUT2D eigenvalue weighted by Crippen LogP contribution is -1.82. The van der Waals surface area contributed by atoms with Gasteiger partial charge in [0.25, 0.3) is 0 Å². The van der Waals surface area contributed by atoms with Gasteiger partial charge in [-0.05, 0) is 49.6 Å². The minimum Gasteiger partial charge on any atom is -0.0616 e. The molecule has 0 aliphatic heterocycles. The van der Waals surface area contributed by atoms with Crippen LogP contribution in [0.2, 0.25) is 0 Å². The molecule has 0 unspecified atom stereocenters. The van der Waals surface area contributed by atoms with Crippen LogP contribution in [-0.2, 0) is 0 Å². The maximum Gasteiger partial charge on any atom is -0.0152 e. The van der Waals surface area contributed by atoms with Gasteiger partial charge < -0.3 is 0 Å². The topological polar surface area (TPSA) is 0 Å². The van der Waals surface area contributed by atoms with E-state index in [0.29, 0.717) is 0 Å². The van der Waals surface area contributed by atoms with Crippen LogP contribution >= 0.6 is 0 Å². The summed E-state index contributed by atoms with van der Waals surface area (Å²) in [5, 5.41) is 2.71. The molecule has 0 N–H and O–H groups in total. The van der Waals surface area contributed by atoms with Crippen molar-refractivity contribution in [3.8, 4) is 0 Å². The molecule has 0 heterocycles. The largest absolute Gasteiger partial charge is 0.0616 e. The second-order valence-electron chi connectivity index (χ2n) is 5.38. The van der Waals surface area contributed by atoms with Gasteiger partial charge in [-0.15, -0.1) is 0 Å². The number of benzene rings is 3. The van der Waals surface area contributed by atoms with Gasteiger partial charge in [-0.3, -0.25) is 0 Å². The standard InChI is InChI=1S/C12H12.C8H10/c1-9-7-8-11-5-3-4-6-12(11)10(9)2;1-7-3-5-8(2)6-4-7/h3-8H,1-2H3;3-6H,1-2H3. The summed E-state index contributed by atoms with van der Waals surface area (Å²) in [6.45, 7) is 8.53. The van der Waals surface area contributed by atoms with Crippen LogP contribution in [-0.4, -0.2) is 0 Å². The Bertz CT molecular complexity index is 670. The fraction of sp³-hybridized carbons (Fsp3) is 0.200. The molecule has 3 aromatic carbocycles. The predicted molar refractivity (Wildman–Crippen MR) is 89.3 cm³/mol. The molecule has 0 aliphatic carbocycles. The van der Waals surface area contributed by atoms with Gasteiger partial charge in [-0.1, -0.05) is 71.8 Å². The molecule has 0 saturated carbocycles. The van der Waals surface area contributed by atoms with E-state index >= 15 is 0 Å². The average Bonchev–Trinajstić information content (AvgIpc) is 2.47. The van der Waals surface area contributed by atoms with Crippen LogP contribution < -0.4 is 0 Å². The van der Waals surface area contributed by atoms with Crippen molar-refractivity contribution in [2.24, 2.45) is 0 Å². The number of fused-ring (bicyclic) bond motifs is 1. The zero-order valence-electron chi connectivity index (χ0n) is 12.8. The molecule has 0 radical (unpaired) electrons. The molecule has 0 fully saturated rings. The van der Waals surface area contributed by atoms with Crippen molar-refractivity contribution in [2.75, 3.05) is 0 Å². The van der Waals surface area contributed by atoms with Gasteiger partial charge in [-0.2, -0.15) is 0 Å². The molecule has 0 amide bonds. The Labute approximate surface area is 122 Å². The average molecular weight is 262 g/mol.